The SMILES string of the molecule is CCCCCCCCCC=CCC=CCC=CCC=CCCC1=CC(C)(O)OC1=O. The van der Waals surface area contributed by atoms with Crippen LogP contribution in [0, 0.1) is 0 Å². The van der Waals surface area contributed by atoms with Crippen LogP contribution in [0.1, 0.15) is 97.3 Å². The molecular weight excluding hydrogens is 372 g/mol. The van der Waals surface area contributed by atoms with Crippen molar-refractivity contribution < 1.29 is 14.6 Å². The van der Waals surface area contributed by atoms with E-state index in [9.17, 15) is 9.90 Å². The minimum atomic E-state index is -1.43. The van der Waals surface area contributed by atoms with E-state index in [-0.39, 0.29) is 0 Å². The summed E-state index contributed by atoms with van der Waals surface area (Å²) >= 11 is 0. The number of rotatable bonds is 17. The Balaban J connectivity index is 1.94. The Kier molecular flexibility index (Phi) is 14.7. The molecule has 1 unspecified atom stereocenters. The van der Waals surface area contributed by atoms with Gasteiger partial charge in [0.25, 0.3) is 0 Å². The number of carbonyl (C=O) groups is 1. The molecular formula is C27H42O3. The van der Waals surface area contributed by atoms with Gasteiger partial charge in [0.15, 0.2) is 0 Å². The number of ether oxygens (including phenoxy) is 1. The van der Waals surface area contributed by atoms with Gasteiger partial charge in [-0.1, -0.05) is 94.1 Å². The third-order valence-electron chi connectivity index (χ3n) is 5.04. The Labute approximate surface area is 184 Å². The van der Waals surface area contributed by atoms with Gasteiger partial charge < -0.3 is 9.84 Å². The fourth-order valence-electron chi connectivity index (χ4n) is 3.35. The first-order valence-corrected chi connectivity index (χ1v) is 11.8. The van der Waals surface area contributed by atoms with E-state index < -0.39 is 11.8 Å². The fraction of sp³-hybridized carbons (Fsp3) is 0.593. The van der Waals surface area contributed by atoms with Gasteiger partial charge in [-0.25, -0.2) is 4.79 Å². The standard InChI is InChI=1S/C27H42O3/c1-3-4-5-6-7-8-9-10-11-12-13-14-15-16-17-18-19-20-21-22-23-25-24-27(2,29)30-26(25)28/h11-12,14-15,17-18,20-21,24,29H,3-10,13,16,19,22-23H2,1-2H3. The molecule has 0 spiro atoms. The van der Waals surface area contributed by atoms with Crippen molar-refractivity contribution in [3.63, 3.8) is 0 Å². The Hall–Kier alpha value is -1.87. The highest BCUT2D eigenvalue weighted by atomic mass is 16.7. The maximum atomic E-state index is 11.5. The molecule has 1 rings (SSSR count). The zero-order valence-electron chi connectivity index (χ0n) is 19.2. The number of esters is 1. The molecule has 0 fully saturated rings. The van der Waals surface area contributed by atoms with E-state index in [1.165, 1.54) is 64.4 Å². The molecule has 1 N–H and O–H groups in total. The van der Waals surface area contributed by atoms with Crippen molar-refractivity contribution in [1.29, 1.82) is 0 Å². The molecule has 0 saturated carbocycles. The summed E-state index contributed by atoms with van der Waals surface area (Å²) in [5.74, 6) is -1.84. The molecule has 30 heavy (non-hydrogen) atoms. The lowest BCUT2D eigenvalue weighted by atomic mass is 10.1. The highest BCUT2D eigenvalue weighted by molar-refractivity contribution is 5.91. The van der Waals surface area contributed by atoms with Crippen LogP contribution in [0.15, 0.2) is 60.3 Å². The second-order valence-electron chi connectivity index (χ2n) is 8.16. The predicted octanol–water partition coefficient (Wildman–Crippen LogP) is 7.49. The van der Waals surface area contributed by atoms with Crippen molar-refractivity contribution in [1.82, 2.24) is 0 Å². The van der Waals surface area contributed by atoms with Crippen molar-refractivity contribution in [3.05, 3.63) is 60.3 Å². The third kappa shape index (κ3) is 14.2. The first kappa shape index (κ1) is 26.2. The molecule has 0 saturated heterocycles. The normalized spacial score (nSPS) is 19.7. The molecule has 1 heterocycles. The summed E-state index contributed by atoms with van der Waals surface area (Å²) in [6.07, 6.45) is 34.1. The highest BCUT2D eigenvalue weighted by Crippen LogP contribution is 2.24. The molecule has 3 nitrogen and oxygen atoms in total. The largest absolute Gasteiger partial charge is 0.426 e. The van der Waals surface area contributed by atoms with Crippen molar-refractivity contribution in [2.45, 2.75) is 103 Å². The molecule has 168 valence electrons. The number of carbonyl (C=O) groups excluding carboxylic acids is 1. The van der Waals surface area contributed by atoms with Crippen LogP contribution in [0.25, 0.3) is 0 Å². The van der Waals surface area contributed by atoms with Crippen molar-refractivity contribution in [2.75, 3.05) is 0 Å². The minimum Gasteiger partial charge on any atom is -0.426 e. The predicted molar refractivity (Wildman–Crippen MR) is 127 cm³/mol. The lowest BCUT2D eigenvalue weighted by molar-refractivity contribution is -0.172. The maximum Gasteiger partial charge on any atom is 0.336 e. The maximum absolute atomic E-state index is 11.5. The van der Waals surface area contributed by atoms with Gasteiger partial charge in [-0.3, -0.25) is 0 Å². The number of hydrogen-bond acceptors (Lipinski definition) is 3. The molecule has 3 heteroatoms. The quantitative estimate of drug-likeness (QED) is 0.152. The van der Waals surface area contributed by atoms with Gasteiger partial charge in [0.05, 0.1) is 0 Å². The Morgan fingerprint density at radius 3 is 1.83 bits per heavy atom. The average molecular weight is 415 g/mol. The summed E-state index contributed by atoms with van der Waals surface area (Å²) in [7, 11) is 0. The van der Waals surface area contributed by atoms with E-state index in [0.29, 0.717) is 12.0 Å². The van der Waals surface area contributed by atoms with Crippen LogP contribution < -0.4 is 0 Å². The van der Waals surface area contributed by atoms with E-state index >= 15 is 0 Å². The monoisotopic (exact) mass is 414 g/mol. The Morgan fingerprint density at radius 2 is 1.30 bits per heavy atom. The van der Waals surface area contributed by atoms with Gasteiger partial charge in [-0.2, -0.15) is 0 Å². The molecule has 0 radical (unpaired) electrons. The molecule has 0 aromatic rings. The zero-order chi connectivity index (χ0) is 21.9. The summed E-state index contributed by atoms with van der Waals surface area (Å²) in [4.78, 5) is 11.5. The molecule has 1 atom stereocenters. The first-order chi connectivity index (χ1) is 14.5. The smallest absolute Gasteiger partial charge is 0.336 e. The fourth-order valence-corrected chi connectivity index (χ4v) is 3.35. The Morgan fingerprint density at radius 1 is 0.800 bits per heavy atom. The highest BCUT2D eigenvalue weighted by Gasteiger charge is 2.32. The van der Waals surface area contributed by atoms with E-state index in [1.54, 1.807) is 0 Å². The summed E-state index contributed by atoms with van der Waals surface area (Å²) in [5, 5.41) is 9.64. The van der Waals surface area contributed by atoms with E-state index in [4.69, 9.17) is 4.74 Å². The first-order valence-electron chi connectivity index (χ1n) is 11.8. The van der Waals surface area contributed by atoms with Gasteiger partial charge in [-0.15, -0.1) is 0 Å². The van der Waals surface area contributed by atoms with Gasteiger partial charge in [0, 0.05) is 12.5 Å². The molecule has 1 aliphatic heterocycles. The number of allylic oxidation sites excluding steroid dienone is 8. The van der Waals surface area contributed by atoms with Crippen molar-refractivity contribution in [2.24, 2.45) is 0 Å². The molecule has 0 aliphatic carbocycles. The van der Waals surface area contributed by atoms with Crippen LogP contribution in [-0.2, 0) is 9.53 Å². The summed E-state index contributed by atoms with van der Waals surface area (Å²) in [5.41, 5.74) is 0.557. The number of cyclic esters (lactones) is 1. The van der Waals surface area contributed by atoms with E-state index in [2.05, 4.69) is 55.5 Å². The zero-order valence-corrected chi connectivity index (χ0v) is 19.2. The third-order valence-corrected chi connectivity index (χ3v) is 5.04. The van der Waals surface area contributed by atoms with Gasteiger partial charge in [0.2, 0.25) is 5.79 Å². The second-order valence-corrected chi connectivity index (χ2v) is 8.16. The van der Waals surface area contributed by atoms with Crippen LogP contribution in [0.2, 0.25) is 0 Å². The topological polar surface area (TPSA) is 46.5 Å². The lowest BCUT2D eigenvalue weighted by Crippen LogP contribution is -2.22. The number of unbranched alkanes of at least 4 members (excludes halogenated alkanes) is 7. The molecule has 0 amide bonds. The van der Waals surface area contributed by atoms with Gasteiger partial charge >= 0.3 is 5.97 Å². The number of aliphatic hydroxyl groups is 1. The van der Waals surface area contributed by atoms with Crippen LogP contribution in [0.3, 0.4) is 0 Å². The minimum absolute atomic E-state index is 0.410. The van der Waals surface area contributed by atoms with E-state index in [1.807, 2.05) is 0 Å². The average Bonchev–Trinajstić information content (AvgIpc) is 2.97. The van der Waals surface area contributed by atoms with Gasteiger partial charge in [-0.05, 0) is 51.0 Å². The van der Waals surface area contributed by atoms with Crippen LogP contribution in [-0.4, -0.2) is 16.9 Å². The molecule has 0 aromatic carbocycles. The summed E-state index contributed by atoms with van der Waals surface area (Å²) in [6.45, 7) is 3.74. The molecule has 0 aromatic heterocycles. The van der Waals surface area contributed by atoms with Crippen LogP contribution in [0.5, 0.6) is 0 Å². The van der Waals surface area contributed by atoms with Crippen molar-refractivity contribution in [3.8, 4) is 0 Å². The van der Waals surface area contributed by atoms with Crippen molar-refractivity contribution >= 4 is 5.97 Å². The van der Waals surface area contributed by atoms with Gasteiger partial charge in [0.1, 0.15) is 0 Å². The summed E-state index contributed by atoms with van der Waals surface area (Å²) in [6, 6.07) is 0. The second kappa shape index (κ2) is 16.9. The van der Waals surface area contributed by atoms with E-state index in [0.717, 1.165) is 25.7 Å². The Bertz CT molecular complexity index is 606. The summed E-state index contributed by atoms with van der Waals surface area (Å²) < 4.78 is 4.83. The van der Waals surface area contributed by atoms with Crippen LogP contribution >= 0.6 is 0 Å². The molecule has 1 aliphatic rings. The molecule has 0 bridgehead atoms. The number of hydrogen-bond donors (Lipinski definition) is 1. The lowest BCUT2D eigenvalue weighted by Gasteiger charge is -2.11. The van der Waals surface area contributed by atoms with Crippen LogP contribution in [0.4, 0.5) is 0 Å².